The average molecular weight is 278 g/mol. The van der Waals surface area contributed by atoms with E-state index in [2.05, 4.69) is 31.1 Å². The van der Waals surface area contributed by atoms with Crippen molar-refractivity contribution >= 4 is 22.7 Å². The molecule has 0 saturated heterocycles. The molecule has 0 aliphatic rings. The third-order valence-electron chi connectivity index (χ3n) is 3.26. The van der Waals surface area contributed by atoms with Gasteiger partial charge in [0.2, 0.25) is 0 Å². The highest BCUT2D eigenvalue weighted by Crippen LogP contribution is 2.20. The lowest BCUT2D eigenvalue weighted by atomic mass is 10.1. The summed E-state index contributed by atoms with van der Waals surface area (Å²) in [5.41, 5.74) is 2.18. The number of aryl methyl sites for hydroxylation is 1. The van der Waals surface area contributed by atoms with Crippen LogP contribution in [0.2, 0.25) is 0 Å². The Kier molecular flexibility index (Phi) is 5.28. The van der Waals surface area contributed by atoms with Crippen LogP contribution in [0.4, 0.5) is 0 Å². The molecule has 2 aromatic rings. The smallest absolute Gasteiger partial charge is 0.0729 e. The van der Waals surface area contributed by atoms with Crippen LogP contribution in [0.15, 0.2) is 24.3 Å². The van der Waals surface area contributed by atoms with Gasteiger partial charge in [0.05, 0.1) is 17.3 Å². The van der Waals surface area contributed by atoms with Crippen molar-refractivity contribution in [1.82, 2.24) is 9.78 Å². The fourth-order valence-electron chi connectivity index (χ4n) is 2.28. The zero-order chi connectivity index (χ0) is 13.7. The standard InChI is InChI=1S/C15H22N2OS/c1-3-17-15-8-6-5-7-13(15)14(16-17)11-12(18)9-10-19-4-2/h5-8,12,18H,3-4,9-11H2,1-2H3. The van der Waals surface area contributed by atoms with Crippen LogP contribution in [-0.4, -0.2) is 32.5 Å². The highest BCUT2D eigenvalue weighted by atomic mass is 32.2. The summed E-state index contributed by atoms with van der Waals surface area (Å²) in [6.07, 6.45) is 1.20. The molecule has 0 saturated carbocycles. The van der Waals surface area contributed by atoms with E-state index in [1.807, 2.05) is 28.6 Å². The van der Waals surface area contributed by atoms with E-state index in [1.54, 1.807) is 0 Å². The van der Waals surface area contributed by atoms with Gasteiger partial charge < -0.3 is 5.11 Å². The van der Waals surface area contributed by atoms with Crippen LogP contribution >= 0.6 is 11.8 Å². The highest BCUT2D eigenvalue weighted by Gasteiger charge is 2.13. The number of aliphatic hydroxyl groups excluding tert-OH is 1. The predicted molar refractivity (Wildman–Crippen MR) is 82.7 cm³/mol. The zero-order valence-electron chi connectivity index (χ0n) is 11.7. The molecule has 0 aliphatic heterocycles. The molecule has 1 heterocycles. The molecule has 104 valence electrons. The number of hydrogen-bond donors (Lipinski definition) is 1. The van der Waals surface area contributed by atoms with Crippen molar-refractivity contribution in [1.29, 1.82) is 0 Å². The quantitative estimate of drug-likeness (QED) is 0.791. The van der Waals surface area contributed by atoms with Crippen LogP contribution in [-0.2, 0) is 13.0 Å². The molecular weight excluding hydrogens is 256 g/mol. The van der Waals surface area contributed by atoms with E-state index in [4.69, 9.17) is 0 Å². The molecule has 1 atom stereocenters. The average Bonchev–Trinajstić information content (AvgIpc) is 2.77. The van der Waals surface area contributed by atoms with Crippen LogP contribution in [0.3, 0.4) is 0 Å². The molecule has 2 rings (SSSR count). The van der Waals surface area contributed by atoms with Crippen molar-refractivity contribution in [2.45, 2.75) is 39.3 Å². The Balaban J connectivity index is 2.12. The number of benzene rings is 1. The fraction of sp³-hybridized carbons (Fsp3) is 0.533. The first-order valence-corrected chi connectivity index (χ1v) is 8.12. The number of nitrogens with zero attached hydrogens (tertiary/aromatic N) is 2. The Morgan fingerprint density at radius 1 is 1.32 bits per heavy atom. The van der Waals surface area contributed by atoms with Crippen molar-refractivity contribution in [2.75, 3.05) is 11.5 Å². The maximum atomic E-state index is 10.1. The van der Waals surface area contributed by atoms with Gasteiger partial charge in [-0.2, -0.15) is 16.9 Å². The molecule has 1 aromatic carbocycles. The molecule has 4 heteroatoms. The largest absolute Gasteiger partial charge is 0.393 e. The fourth-order valence-corrected chi connectivity index (χ4v) is 3.00. The summed E-state index contributed by atoms with van der Waals surface area (Å²) >= 11 is 1.87. The van der Waals surface area contributed by atoms with Gasteiger partial charge in [0.25, 0.3) is 0 Å². The second kappa shape index (κ2) is 6.96. The molecule has 0 bridgehead atoms. The minimum atomic E-state index is -0.289. The van der Waals surface area contributed by atoms with Gasteiger partial charge in [-0.25, -0.2) is 0 Å². The molecule has 0 aliphatic carbocycles. The van der Waals surface area contributed by atoms with Gasteiger partial charge in [-0.3, -0.25) is 4.68 Å². The normalized spacial score (nSPS) is 13.0. The van der Waals surface area contributed by atoms with Gasteiger partial charge in [-0.15, -0.1) is 0 Å². The molecule has 0 spiro atoms. The topological polar surface area (TPSA) is 38.1 Å². The van der Waals surface area contributed by atoms with Gasteiger partial charge in [-0.1, -0.05) is 25.1 Å². The first-order valence-electron chi connectivity index (χ1n) is 6.96. The lowest BCUT2D eigenvalue weighted by molar-refractivity contribution is 0.171. The maximum Gasteiger partial charge on any atom is 0.0729 e. The first kappa shape index (κ1) is 14.4. The molecule has 1 aromatic heterocycles. The zero-order valence-corrected chi connectivity index (χ0v) is 12.5. The van der Waals surface area contributed by atoms with Gasteiger partial charge in [0.1, 0.15) is 0 Å². The third-order valence-corrected chi connectivity index (χ3v) is 4.20. The van der Waals surface area contributed by atoms with Gasteiger partial charge >= 0.3 is 0 Å². The molecule has 1 N–H and O–H groups in total. The van der Waals surface area contributed by atoms with E-state index in [-0.39, 0.29) is 6.10 Å². The molecule has 19 heavy (non-hydrogen) atoms. The Morgan fingerprint density at radius 2 is 2.11 bits per heavy atom. The monoisotopic (exact) mass is 278 g/mol. The number of rotatable bonds is 7. The van der Waals surface area contributed by atoms with Crippen molar-refractivity contribution < 1.29 is 5.11 Å². The van der Waals surface area contributed by atoms with E-state index in [1.165, 1.54) is 5.39 Å². The van der Waals surface area contributed by atoms with E-state index >= 15 is 0 Å². The summed E-state index contributed by atoms with van der Waals surface area (Å²) < 4.78 is 2.01. The van der Waals surface area contributed by atoms with Crippen LogP contribution in [0.5, 0.6) is 0 Å². The van der Waals surface area contributed by atoms with Crippen molar-refractivity contribution in [3.63, 3.8) is 0 Å². The Labute approximate surface area is 119 Å². The van der Waals surface area contributed by atoms with Crippen molar-refractivity contribution in [3.05, 3.63) is 30.0 Å². The number of fused-ring (bicyclic) bond motifs is 1. The number of aliphatic hydroxyl groups is 1. The Hall–Kier alpha value is -1.00. The summed E-state index contributed by atoms with van der Waals surface area (Å²) in [4.78, 5) is 0. The Morgan fingerprint density at radius 3 is 2.84 bits per heavy atom. The third kappa shape index (κ3) is 3.51. The van der Waals surface area contributed by atoms with Crippen LogP contribution in [0.1, 0.15) is 26.0 Å². The van der Waals surface area contributed by atoms with Gasteiger partial charge in [0, 0.05) is 18.4 Å². The summed E-state index contributed by atoms with van der Waals surface area (Å²) in [5, 5.41) is 15.9. The number of hydrogen-bond acceptors (Lipinski definition) is 3. The maximum absolute atomic E-state index is 10.1. The summed E-state index contributed by atoms with van der Waals surface area (Å²) in [6, 6.07) is 8.26. The number of thioether (sulfide) groups is 1. The number of para-hydroxylation sites is 1. The van der Waals surface area contributed by atoms with Crippen LogP contribution in [0.25, 0.3) is 10.9 Å². The van der Waals surface area contributed by atoms with E-state index in [9.17, 15) is 5.11 Å². The summed E-state index contributed by atoms with van der Waals surface area (Å²) in [6.45, 7) is 5.10. The minimum Gasteiger partial charge on any atom is -0.393 e. The van der Waals surface area contributed by atoms with Gasteiger partial charge in [-0.05, 0) is 30.9 Å². The lowest BCUT2D eigenvalue weighted by Crippen LogP contribution is -2.12. The van der Waals surface area contributed by atoms with Crippen molar-refractivity contribution in [2.24, 2.45) is 0 Å². The SMILES string of the molecule is CCSCCC(O)Cc1nn(CC)c2ccccc12. The number of aromatic nitrogens is 2. The minimum absolute atomic E-state index is 0.289. The highest BCUT2D eigenvalue weighted by molar-refractivity contribution is 7.99. The summed E-state index contributed by atoms with van der Waals surface area (Å²) in [7, 11) is 0. The second-order valence-corrected chi connectivity index (χ2v) is 6.02. The van der Waals surface area contributed by atoms with E-state index in [0.29, 0.717) is 6.42 Å². The molecular formula is C15H22N2OS. The molecule has 1 unspecified atom stereocenters. The first-order chi connectivity index (χ1) is 9.26. The van der Waals surface area contributed by atoms with E-state index < -0.39 is 0 Å². The molecule has 0 radical (unpaired) electrons. The molecule has 0 amide bonds. The second-order valence-electron chi connectivity index (χ2n) is 4.62. The Bertz CT molecular complexity index is 524. The molecule has 3 nitrogen and oxygen atoms in total. The lowest BCUT2D eigenvalue weighted by Gasteiger charge is -2.08. The van der Waals surface area contributed by atoms with Crippen LogP contribution in [0, 0.1) is 0 Å². The van der Waals surface area contributed by atoms with Crippen molar-refractivity contribution in [3.8, 4) is 0 Å². The van der Waals surface area contributed by atoms with Crippen LogP contribution < -0.4 is 0 Å². The molecule has 0 fully saturated rings. The summed E-state index contributed by atoms with van der Waals surface area (Å²) in [5.74, 6) is 2.13. The van der Waals surface area contributed by atoms with E-state index in [0.717, 1.165) is 35.7 Å². The van der Waals surface area contributed by atoms with Gasteiger partial charge in [0.15, 0.2) is 0 Å². The predicted octanol–water partition coefficient (Wildman–Crippen LogP) is 3.10.